The second-order valence-electron chi connectivity index (χ2n) is 5.88. The molecule has 0 aliphatic heterocycles. The van der Waals surface area contributed by atoms with E-state index < -0.39 is 0 Å². The molecule has 3 rings (SSSR count). The summed E-state index contributed by atoms with van der Waals surface area (Å²) in [5.41, 5.74) is 12.6. The minimum atomic E-state index is 0.198. The number of hydrogen-bond acceptors (Lipinski definition) is 2. The van der Waals surface area contributed by atoms with Gasteiger partial charge in [-0.3, -0.25) is 0 Å². The van der Waals surface area contributed by atoms with Gasteiger partial charge >= 0.3 is 0 Å². The van der Waals surface area contributed by atoms with Gasteiger partial charge in [0.2, 0.25) is 0 Å². The molecule has 0 amide bonds. The van der Waals surface area contributed by atoms with Crippen molar-refractivity contribution in [2.75, 3.05) is 6.54 Å². The first-order valence-corrected chi connectivity index (χ1v) is 7.84. The van der Waals surface area contributed by atoms with E-state index in [0.29, 0.717) is 11.6 Å². The molecule has 0 spiro atoms. The number of fused-ring (bicyclic) bond motifs is 1. The smallest absolute Gasteiger partial charge is 0.137 e. The summed E-state index contributed by atoms with van der Waals surface area (Å²) in [7, 11) is 0. The van der Waals surface area contributed by atoms with Crippen LogP contribution in [-0.2, 0) is 0 Å². The van der Waals surface area contributed by atoms with Crippen LogP contribution in [0.5, 0.6) is 0 Å². The molecule has 4 heteroatoms. The predicted octanol–water partition coefficient (Wildman–Crippen LogP) is 4.33. The fraction of sp³-hybridized carbons (Fsp3) is 0.278. The van der Waals surface area contributed by atoms with Crippen LogP contribution in [-0.4, -0.2) is 15.9 Å². The third-order valence-electron chi connectivity index (χ3n) is 4.08. The van der Waals surface area contributed by atoms with Crippen molar-refractivity contribution in [2.45, 2.75) is 26.7 Å². The van der Waals surface area contributed by atoms with Gasteiger partial charge in [-0.05, 0) is 31.5 Å². The molecule has 1 atom stereocenters. The van der Waals surface area contributed by atoms with Crippen LogP contribution in [0.15, 0.2) is 36.5 Å². The van der Waals surface area contributed by atoms with Crippen LogP contribution < -0.4 is 5.73 Å². The van der Waals surface area contributed by atoms with Crippen LogP contribution in [0.3, 0.4) is 0 Å². The number of hydrogen-bond donors (Lipinski definition) is 1. The highest BCUT2D eigenvalue weighted by atomic mass is 35.5. The molecule has 114 valence electrons. The Morgan fingerprint density at radius 2 is 2.00 bits per heavy atom. The quantitative estimate of drug-likeness (QED) is 0.782. The van der Waals surface area contributed by atoms with E-state index in [9.17, 15) is 0 Å². The monoisotopic (exact) mass is 313 g/mol. The molecule has 1 unspecified atom stereocenters. The standard InChI is InChI=1S/C18H20ClN3/c1-11-4-6-15(12(2)8-11)17-18(13(3)9-20)22-10-14(19)5-7-16(22)21-17/h4-8,10,13H,9,20H2,1-3H3. The molecule has 0 saturated heterocycles. The topological polar surface area (TPSA) is 43.3 Å². The second kappa shape index (κ2) is 5.75. The van der Waals surface area contributed by atoms with Gasteiger partial charge < -0.3 is 10.1 Å². The average molecular weight is 314 g/mol. The summed E-state index contributed by atoms with van der Waals surface area (Å²) >= 11 is 6.17. The summed E-state index contributed by atoms with van der Waals surface area (Å²) in [6.07, 6.45) is 1.92. The largest absolute Gasteiger partial charge is 0.330 e. The molecule has 0 aliphatic carbocycles. The Bertz CT molecular complexity index is 836. The fourth-order valence-corrected chi connectivity index (χ4v) is 3.06. The summed E-state index contributed by atoms with van der Waals surface area (Å²) in [6, 6.07) is 10.3. The molecule has 2 heterocycles. The van der Waals surface area contributed by atoms with Crippen LogP contribution in [0.2, 0.25) is 5.02 Å². The van der Waals surface area contributed by atoms with Gasteiger partial charge in [-0.25, -0.2) is 4.98 Å². The lowest BCUT2D eigenvalue weighted by atomic mass is 9.97. The lowest BCUT2D eigenvalue weighted by molar-refractivity contribution is 0.738. The van der Waals surface area contributed by atoms with Gasteiger partial charge in [-0.2, -0.15) is 0 Å². The molecule has 0 bridgehead atoms. The van der Waals surface area contributed by atoms with E-state index in [1.807, 2.05) is 18.3 Å². The minimum Gasteiger partial charge on any atom is -0.330 e. The molecule has 0 aliphatic rings. The molecule has 0 fully saturated rings. The SMILES string of the molecule is Cc1ccc(-c2nc3ccc(Cl)cn3c2C(C)CN)c(C)c1. The van der Waals surface area contributed by atoms with Crippen molar-refractivity contribution < 1.29 is 0 Å². The van der Waals surface area contributed by atoms with E-state index in [-0.39, 0.29) is 5.92 Å². The average Bonchev–Trinajstić information content (AvgIpc) is 2.84. The Labute approximate surface area is 135 Å². The maximum atomic E-state index is 6.17. The first-order valence-electron chi connectivity index (χ1n) is 7.46. The minimum absolute atomic E-state index is 0.198. The van der Waals surface area contributed by atoms with E-state index >= 15 is 0 Å². The summed E-state index contributed by atoms with van der Waals surface area (Å²) in [5, 5.41) is 0.697. The van der Waals surface area contributed by atoms with Crippen molar-refractivity contribution in [3.8, 4) is 11.3 Å². The normalized spacial score (nSPS) is 12.8. The third-order valence-corrected chi connectivity index (χ3v) is 4.30. The first kappa shape index (κ1) is 15.1. The van der Waals surface area contributed by atoms with Crippen molar-refractivity contribution in [3.63, 3.8) is 0 Å². The van der Waals surface area contributed by atoms with Crippen molar-refractivity contribution in [1.29, 1.82) is 0 Å². The van der Waals surface area contributed by atoms with Crippen LogP contribution in [0.25, 0.3) is 16.9 Å². The van der Waals surface area contributed by atoms with Crippen molar-refractivity contribution in [3.05, 3.63) is 58.4 Å². The number of benzene rings is 1. The number of halogens is 1. The molecule has 2 N–H and O–H groups in total. The van der Waals surface area contributed by atoms with E-state index in [4.69, 9.17) is 22.3 Å². The number of aromatic nitrogens is 2. The maximum Gasteiger partial charge on any atom is 0.137 e. The Hall–Kier alpha value is -1.84. The predicted molar refractivity (Wildman–Crippen MR) is 92.6 cm³/mol. The number of nitrogens with zero attached hydrogens (tertiary/aromatic N) is 2. The van der Waals surface area contributed by atoms with Gasteiger partial charge in [0.15, 0.2) is 0 Å². The Morgan fingerprint density at radius 1 is 1.23 bits per heavy atom. The van der Waals surface area contributed by atoms with E-state index in [0.717, 1.165) is 22.6 Å². The number of rotatable bonds is 3. The van der Waals surface area contributed by atoms with Crippen LogP contribution in [0.1, 0.15) is 29.7 Å². The van der Waals surface area contributed by atoms with Crippen molar-refractivity contribution in [2.24, 2.45) is 5.73 Å². The maximum absolute atomic E-state index is 6.17. The summed E-state index contributed by atoms with van der Waals surface area (Å²) in [6.45, 7) is 6.91. The van der Waals surface area contributed by atoms with E-state index in [2.05, 4.69) is 43.4 Å². The van der Waals surface area contributed by atoms with Gasteiger partial charge in [-0.15, -0.1) is 0 Å². The van der Waals surface area contributed by atoms with E-state index in [1.54, 1.807) is 0 Å². The van der Waals surface area contributed by atoms with Crippen LogP contribution in [0, 0.1) is 13.8 Å². The molecule has 0 radical (unpaired) electrons. The number of imidazole rings is 1. The third kappa shape index (κ3) is 2.51. The summed E-state index contributed by atoms with van der Waals surface area (Å²) in [4.78, 5) is 4.83. The Balaban J connectivity index is 2.32. The van der Waals surface area contributed by atoms with Gasteiger partial charge in [0.25, 0.3) is 0 Å². The molecule has 22 heavy (non-hydrogen) atoms. The number of nitrogens with two attached hydrogens (primary N) is 1. The van der Waals surface area contributed by atoms with Crippen molar-refractivity contribution >= 4 is 17.2 Å². The molecule has 3 aromatic rings. The first-order chi connectivity index (χ1) is 10.5. The molecule has 0 saturated carbocycles. The lowest BCUT2D eigenvalue weighted by Gasteiger charge is -2.13. The highest BCUT2D eigenvalue weighted by Crippen LogP contribution is 2.32. The molecular weight excluding hydrogens is 294 g/mol. The Kier molecular flexibility index (Phi) is 3.94. The van der Waals surface area contributed by atoms with Crippen LogP contribution >= 0.6 is 11.6 Å². The van der Waals surface area contributed by atoms with Gasteiger partial charge in [0.05, 0.1) is 16.4 Å². The van der Waals surface area contributed by atoms with Gasteiger partial charge in [-0.1, -0.05) is 42.3 Å². The zero-order valence-corrected chi connectivity index (χ0v) is 13.9. The fourth-order valence-electron chi connectivity index (χ4n) is 2.90. The van der Waals surface area contributed by atoms with Gasteiger partial charge in [0.1, 0.15) is 5.65 Å². The highest BCUT2D eigenvalue weighted by Gasteiger charge is 2.19. The van der Waals surface area contributed by atoms with Gasteiger partial charge in [0, 0.05) is 24.2 Å². The molecule has 3 nitrogen and oxygen atoms in total. The second-order valence-corrected chi connectivity index (χ2v) is 6.31. The Morgan fingerprint density at radius 3 is 2.68 bits per heavy atom. The zero-order chi connectivity index (χ0) is 15.9. The van der Waals surface area contributed by atoms with Crippen LogP contribution in [0.4, 0.5) is 0 Å². The molecule has 2 aromatic heterocycles. The number of pyridine rings is 1. The summed E-state index contributed by atoms with van der Waals surface area (Å²) in [5.74, 6) is 0.198. The van der Waals surface area contributed by atoms with E-state index in [1.165, 1.54) is 11.1 Å². The molecular formula is C18H20ClN3. The molecule has 1 aromatic carbocycles. The highest BCUT2D eigenvalue weighted by molar-refractivity contribution is 6.30. The van der Waals surface area contributed by atoms with Crippen molar-refractivity contribution in [1.82, 2.24) is 9.38 Å². The lowest BCUT2D eigenvalue weighted by Crippen LogP contribution is -2.12. The summed E-state index contributed by atoms with van der Waals surface area (Å²) < 4.78 is 2.06. The number of aryl methyl sites for hydroxylation is 2. The zero-order valence-electron chi connectivity index (χ0n) is 13.1.